The summed E-state index contributed by atoms with van der Waals surface area (Å²) >= 11 is 0. The number of aryl methyl sites for hydroxylation is 1. The summed E-state index contributed by atoms with van der Waals surface area (Å²) in [6.07, 6.45) is 1.34. The van der Waals surface area contributed by atoms with Gasteiger partial charge in [0.15, 0.2) is 6.40 Å². The Labute approximate surface area is 164 Å². The first-order valence-electron chi connectivity index (χ1n) is 9.27. The van der Waals surface area contributed by atoms with Gasteiger partial charge in [0.25, 0.3) is 0 Å². The fraction of sp³-hybridized carbons (Fsp3) is 0.167. The van der Waals surface area contributed by atoms with Crippen LogP contribution in [0.2, 0.25) is 0 Å². The summed E-state index contributed by atoms with van der Waals surface area (Å²) in [4.78, 5) is 4.31. The molecule has 1 atom stereocenters. The summed E-state index contributed by atoms with van der Waals surface area (Å²) in [5.74, 6) is 0.782. The van der Waals surface area contributed by atoms with E-state index < -0.39 is 0 Å². The van der Waals surface area contributed by atoms with E-state index >= 15 is 0 Å². The average molecular weight is 368 g/mol. The lowest BCUT2D eigenvalue weighted by Gasteiger charge is -2.27. The van der Waals surface area contributed by atoms with E-state index in [4.69, 9.17) is 9.47 Å². The third-order valence-electron chi connectivity index (χ3n) is 4.88. The molecule has 3 aromatic rings. The van der Waals surface area contributed by atoms with Crippen molar-refractivity contribution in [3.8, 4) is 11.8 Å². The molecule has 0 spiro atoms. The van der Waals surface area contributed by atoms with Gasteiger partial charge in [-0.1, -0.05) is 66.2 Å². The van der Waals surface area contributed by atoms with Crippen LogP contribution in [0.4, 0.5) is 0 Å². The van der Waals surface area contributed by atoms with E-state index in [2.05, 4.69) is 41.4 Å². The second kappa shape index (κ2) is 7.58. The molecule has 138 valence electrons. The highest BCUT2D eigenvalue weighted by molar-refractivity contribution is 5.91. The monoisotopic (exact) mass is 368 g/mol. The Hall–Kier alpha value is -3.58. The van der Waals surface area contributed by atoms with Gasteiger partial charge in [0.2, 0.25) is 5.88 Å². The van der Waals surface area contributed by atoms with Crippen molar-refractivity contribution < 1.29 is 9.47 Å². The highest BCUT2D eigenvalue weighted by Crippen LogP contribution is 2.46. The van der Waals surface area contributed by atoms with Crippen LogP contribution in [0.25, 0.3) is 10.8 Å². The first-order chi connectivity index (χ1) is 13.7. The number of rotatable bonds is 4. The Balaban J connectivity index is 1.96. The molecule has 0 saturated heterocycles. The van der Waals surface area contributed by atoms with Gasteiger partial charge >= 0.3 is 0 Å². The number of nitriles is 1. The summed E-state index contributed by atoms with van der Waals surface area (Å²) in [5.41, 5.74) is 3.65. The van der Waals surface area contributed by atoms with Gasteiger partial charge in [-0.05, 0) is 24.8 Å². The maximum Gasteiger partial charge on any atom is 0.236 e. The van der Waals surface area contributed by atoms with Crippen molar-refractivity contribution in [3.63, 3.8) is 0 Å². The first-order valence-corrected chi connectivity index (χ1v) is 9.27. The maximum atomic E-state index is 9.94. The highest BCUT2D eigenvalue weighted by atomic mass is 16.5. The van der Waals surface area contributed by atoms with Crippen LogP contribution in [0, 0.1) is 18.3 Å². The molecule has 4 heteroatoms. The van der Waals surface area contributed by atoms with Gasteiger partial charge in [0, 0.05) is 10.9 Å². The van der Waals surface area contributed by atoms with Crippen LogP contribution < -0.4 is 4.74 Å². The molecule has 0 saturated carbocycles. The van der Waals surface area contributed by atoms with E-state index in [1.807, 2.05) is 44.2 Å². The van der Waals surface area contributed by atoms with E-state index in [1.54, 1.807) is 0 Å². The number of hydrogen-bond acceptors (Lipinski definition) is 4. The smallest absolute Gasteiger partial charge is 0.236 e. The molecule has 1 heterocycles. The predicted octanol–water partition coefficient (Wildman–Crippen LogP) is 5.47. The molecule has 1 unspecified atom stereocenters. The quantitative estimate of drug-likeness (QED) is 0.453. The topological polar surface area (TPSA) is 54.6 Å². The summed E-state index contributed by atoms with van der Waals surface area (Å²) < 4.78 is 11.4. The van der Waals surface area contributed by atoms with Crippen molar-refractivity contribution in [3.05, 3.63) is 88.8 Å². The van der Waals surface area contributed by atoms with Gasteiger partial charge < -0.3 is 9.47 Å². The molecule has 3 aromatic carbocycles. The molecule has 28 heavy (non-hydrogen) atoms. The van der Waals surface area contributed by atoms with E-state index in [9.17, 15) is 5.26 Å². The number of benzene rings is 3. The molecule has 1 aliphatic rings. The SMILES string of the molecule is CCOC=NC1=C(C#N)C(c2ccc(C)cc2)c2ccc3ccccc3c2O1. The number of nitrogens with zero attached hydrogens (tertiary/aromatic N) is 2. The van der Waals surface area contributed by atoms with Crippen LogP contribution in [-0.4, -0.2) is 13.0 Å². The van der Waals surface area contributed by atoms with Crippen LogP contribution in [0.3, 0.4) is 0 Å². The molecule has 0 N–H and O–H groups in total. The number of aliphatic imine (C=N–C) groups is 1. The fourth-order valence-electron chi connectivity index (χ4n) is 3.50. The van der Waals surface area contributed by atoms with Crippen molar-refractivity contribution in [1.29, 1.82) is 5.26 Å². The molecule has 0 bridgehead atoms. The molecule has 0 aromatic heterocycles. The Bertz CT molecular complexity index is 1120. The number of allylic oxidation sites excluding steroid dienone is 1. The van der Waals surface area contributed by atoms with E-state index in [0.717, 1.165) is 27.6 Å². The largest absolute Gasteiger partial charge is 0.483 e. The van der Waals surface area contributed by atoms with Crippen molar-refractivity contribution in [2.24, 2.45) is 4.99 Å². The molecule has 0 radical (unpaired) electrons. The zero-order valence-corrected chi connectivity index (χ0v) is 15.8. The first kappa shape index (κ1) is 17.8. The Morgan fingerprint density at radius 1 is 1.11 bits per heavy atom. The van der Waals surface area contributed by atoms with Gasteiger partial charge in [0.05, 0.1) is 12.5 Å². The summed E-state index contributed by atoms with van der Waals surface area (Å²) in [6.45, 7) is 4.43. The standard InChI is InChI=1S/C24H20N2O2/c1-3-27-15-26-24-21(14-25)22(18-10-8-16(2)9-11-18)20-13-12-17-6-4-5-7-19(17)23(20)28-24/h4-13,15,22H,3H2,1-2H3. The molecule has 4 rings (SSSR count). The van der Waals surface area contributed by atoms with Crippen LogP contribution in [0.1, 0.15) is 29.5 Å². The Morgan fingerprint density at radius 3 is 2.64 bits per heavy atom. The van der Waals surface area contributed by atoms with E-state index in [-0.39, 0.29) is 11.8 Å². The fourth-order valence-corrected chi connectivity index (χ4v) is 3.50. The van der Waals surface area contributed by atoms with Gasteiger partial charge in [-0.25, -0.2) is 0 Å². The van der Waals surface area contributed by atoms with Crippen molar-refractivity contribution >= 4 is 17.2 Å². The third kappa shape index (κ3) is 3.12. The minimum atomic E-state index is -0.243. The van der Waals surface area contributed by atoms with E-state index in [1.165, 1.54) is 12.0 Å². The second-order valence-corrected chi connectivity index (χ2v) is 6.67. The van der Waals surface area contributed by atoms with Gasteiger partial charge in [-0.2, -0.15) is 10.3 Å². The molecule has 4 nitrogen and oxygen atoms in total. The van der Waals surface area contributed by atoms with Crippen molar-refractivity contribution in [2.75, 3.05) is 6.61 Å². The Kier molecular flexibility index (Phi) is 4.82. The maximum absolute atomic E-state index is 9.94. The minimum Gasteiger partial charge on any atom is -0.483 e. The summed E-state index contributed by atoms with van der Waals surface area (Å²) in [7, 11) is 0. The van der Waals surface area contributed by atoms with Gasteiger partial charge in [0.1, 0.15) is 17.4 Å². The summed E-state index contributed by atoms with van der Waals surface area (Å²) in [5, 5.41) is 12.0. The Morgan fingerprint density at radius 2 is 1.89 bits per heavy atom. The zero-order chi connectivity index (χ0) is 19.5. The zero-order valence-electron chi connectivity index (χ0n) is 15.8. The molecule has 0 amide bonds. The highest BCUT2D eigenvalue weighted by Gasteiger charge is 2.32. The summed E-state index contributed by atoms with van der Waals surface area (Å²) in [6, 6.07) is 22.7. The third-order valence-corrected chi connectivity index (χ3v) is 4.88. The molecule has 1 aliphatic heterocycles. The van der Waals surface area contributed by atoms with Crippen LogP contribution >= 0.6 is 0 Å². The molecular formula is C24H20N2O2. The van der Waals surface area contributed by atoms with Crippen LogP contribution in [0.15, 0.2) is 77.1 Å². The predicted molar refractivity (Wildman–Crippen MR) is 110 cm³/mol. The minimum absolute atomic E-state index is 0.243. The van der Waals surface area contributed by atoms with Gasteiger partial charge in [-0.3, -0.25) is 0 Å². The van der Waals surface area contributed by atoms with Gasteiger partial charge in [-0.15, -0.1) is 0 Å². The second-order valence-electron chi connectivity index (χ2n) is 6.67. The van der Waals surface area contributed by atoms with E-state index in [0.29, 0.717) is 12.2 Å². The molecular weight excluding hydrogens is 348 g/mol. The van der Waals surface area contributed by atoms with Crippen molar-refractivity contribution in [1.82, 2.24) is 0 Å². The lowest BCUT2D eigenvalue weighted by atomic mass is 9.82. The molecule has 0 aliphatic carbocycles. The van der Waals surface area contributed by atoms with Crippen molar-refractivity contribution in [2.45, 2.75) is 19.8 Å². The lowest BCUT2D eigenvalue weighted by molar-refractivity contribution is 0.336. The number of hydrogen-bond donors (Lipinski definition) is 0. The lowest BCUT2D eigenvalue weighted by Crippen LogP contribution is -2.16. The van der Waals surface area contributed by atoms with Crippen LogP contribution in [0.5, 0.6) is 5.75 Å². The molecule has 0 fully saturated rings. The van der Waals surface area contributed by atoms with Crippen LogP contribution in [-0.2, 0) is 4.74 Å². The average Bonchev–Trinajstić information content (AvgIpc) is 2.73. The number of ether oxygens (including phenoxy) is 2. The number of fused-ring (bicyclic) bond motifs is 3. The normalized spacial score (nSPS) is 16.0.